The molecule has 0 unspecified atom stereocenters. The number of hydrogen-bond donors (Lipinski definition) is 0. The first-order valence-electron chi connectivity index (χ1n) is 12.2. The first-order chi connectivity index (χ1) is 17.3. The number of hydrogen-bond acceptors (Lipinski definition) is 6. The molecule has 0 bridgehead atoms. The van der Waals surface area contributed by atoms with Crippen molar-refractivity contribution in [2.24, 2.45) is 0 Å². The van der Waals surface area contributed by atoms with Gasteiger partial charge in [-0.25, -0.2) is 4.58 Å². The Morgan fingerprint density at radius 2 is 1.54 bits per heavy atom. The van der Waals surface area contributed by atoms with Gasteiger partial charge < -0.3 is 29.1 Å². The van der Waals surface area contributed by atoms with E-state index in [1.165, 1.54) is 18.2 Å². The standard InChI is InChI=1S/C29H30N2O5.Na/c1-5-30(6-2)19-10-13-22-25(16-19)36-26-17-20(31(7-3)8-4)11-14-23(26)27(22)24-15-18(28(32)33)9-12-21(24)29(34)35;/h9-17H,5-8H2,1-4H3,(H-,32,33,34,35);/q;+1/p-1. The minimum Gasteiger partial charge on any atom is -0.545 e. The third kappa shape index (κ3) is 5.44. The van der Waals surface area contributed by atoms with Gasteiger partial charge >= 0.3 is 29.6 Å². The van der Waals surface area contributed by atoms with Gasteiger partial charge in [-0.15, -0.1) is 0 Å². The molecule has 1 aliphatic carbocycles. The van der Waals surface area contributed by atoms with E-state index in [-0.39, 0.29) is 46.2 Å². The molecule has 37 heavy (non-hydrogen) atoms. The van der Waals surface area contributed by atoms with Crippen molar-refractivity contribution >= 4 is 28.6 Å². The van der Waals surface area contributed by atoms with Crippen molar-refractivity contribution in [3.8, 4) is 22.5 Å². The van der Waals surface area contributed by atoms with Crippen LogP contribution >= 0.6 is 0 Å². The summed E-state index contributed by atoms with van der Waals surface area (Å²) >= 11 is 0. The Kier molecular flexibility index (Phi) is 9.18. The number of anilines is 1. The molecule has 0 atom stereocenters. The van der Waals surface area contributed by atoms with E-state index in [1.54, 1.807) is 0 Å². The van der Waals surface area contributed by atoms with Gasteiger partial charge in [-0.3, -0.25) is 0 Å². The van der Waals surface area contributed by atoms with Crippen molar-refractivity contribution < 1.29 is 53.8 Å². The van der Waals surface area contributed by atoms with Gasteiger partial charge in [0.05, 0.1) is 18.0 Å². The summed E-state index contributed by atoms with van der Waals surface area (Å²) < 4.78 is 8.59. The molecule has 186 valence electrons. The van der Waals surface area contributed by atoms with Crippen LogP contribution < -0.4 is 54.6 Å². The largest absolute Gasteiger partial charge is 1.00 e. The number of carboxylic acid groups (broad SMARTS) is 2. The molecule has 0 amide bonds. The monoisotopic (exact) mass is 508 g/mol. The maximum Gasteiger partial charge on any atom is 1.00 e. The molecule has 0 fully saturated rings. The Morgan fingerprint density at radius 1 is 0.838 bits per heavy atom. The average Bonchev–Trinajstić information content (AvgIpc) is 2.88. The Hall–Kier alpha value is -3.13. The first-order valence-corrected chi connectivity index (χ1v) is 12.2. The van der Waals surface area contributed by atoms with Crippen LogP contribution in [-0.2, 0) is 0 Å². The summed E-state index contributed by atoms with van der Waals surface area (Å²) in [4.78, 5) is 25.9. The van der Waals surface area contributed by atoms with Crippen LogP contribution in [0.3, 0.4) is 0 Å². The van der Waals surface area contributed by atoms with Gasteiger partial charge in [0.1, 0.15) is 24.4 Å². The van der Waals surface area contributed by atoms with E-state index in [0.29, 0.717) is 27.9 Å². The predicted molar refractivity (Wildman–Crippen MR) is 137 cm³/mol. The van der Waals surface area contributed by atoms with Gasteiger partial charge in [0.2, 0.25) is 5.36 Å². The predicted octanol–water partition coefficient (Wildman–Crippen LogP) is -0.406. The smallest absolute Gasteiger partial charge is 0.545 e. The van der Waals surface area contributed by atoms with Gasteiger partial charge in [-0.1, -0.05) is 12.1 Å². The quantitative estimate of drug-likeness (QED) is 0.182. The number of benzene rings is 3. The van der Waals surface area contributed by atoms with Crippen molar-refractivity contribution in [1.29, 1.82) is 0 Å². The summed E-state index contributed by atoms with van der Waals surface area (Å²) in [5.41, 5.74) is 2.82. The van der Waals surface area contributed by atoms with Gasteiger partial charge in [-0.2, -0.15) is 0 Å². The van der Waals surface area contributed by atoms with Crippen molar-refractivity contribution in [3.63, 3.8) is 0 Å². The third-order valence-corrected chi connectivity index (χ3v) is 6.69. The number of rotatable bonds is 8. The summed E-state index contributed by atoms with van der Waals surface area (Å²) in [6.07, 6.45) is 0. The molecule has 0 N–H and O–H groups in total. The average molecular weight is 509 g/mol. The second-order valence-corrected chi connectivity index (χ2v) is 8.52. The minimum absolute atomic E-state index is 0. The van der Waals surface area contributed by atoms with E-state index in [0.717, 1.165) is 37.2 Å². The molecule has 0 saturated carbocycles. The van der Waals surface area contributed by atoms with Gasteiger partial charge in [0, 0.05) is 53.0 Å². The number of carbonyl (C=O) groups is 2. The van der Waals surface area contributed by atoms with Crippen molar-refractivity contribution in [1.82, 2.24) is 4.58 Å². The fourth-order valence-electron chi connectivity index (χ4n) is 4.78. The van der Waals surface area contributed by atoms with Crippen molar-refractivity contribution in [2.45, 2.75) is 27.7 Å². The molecule has 4 rings (SSSR count). The summed E-state index contributed by atoms with van der Waals surface area (Å²) in [5, 5.41) is 25.4. The summed E-state index contributed by atoms with van der Waals surface area (Å²) in [6.45, 7) is 11.6. The number of nitrogens with zero attached hydrogens (tertiary/aromatic N) is 2. The van der Waals surface area contributed by atoms with Crippen LogP contribution in [0.2, 0.25) is 0 Å². The minimum atomic E-state index is -1.39. The number of carbonyl (C=O) groups excluding carboxylic acids is 2. The second kappa shape index (κ2) is 11.9. The molecule has 2 aromatic rings. The molecule has 2 aromatic carbocycles. The normalized spacial score (nSPS) is 10.8. The van der Waals surface area contributed by atoms with Gasteiger partial charge in [-0.05, 0) is 63.1 Å². The molecule has 2 aliphatic rings. The van der Waals surface area contributed by atoms with E-state index < -0.39 is 11.9 Å². The molecule has 1 aliphatic heterocycles. The SMILES string of the molecule is CCN(CC)c1ccc2c(-c3cc(C(=O)[O-])ccc3C(=O)[O-])c3ccc(=[N+](CC)CC)cc-3oc2c1.[Na+]. The van der Waals surface area contributed by atoms with Crippen LogP contribution in [0.5, 0.6) is 0 Å². The van der Waals surface area contributed by atoms with Gasteiger partial charge in [0.15, 0.2) is 0 Å². The Balaban J connectivity index is 0.00000380. The maximum atomic E-state index is 12.1. The third-order valence-electron chi connectivity index (χ3n) is 6.69. The Labute approximate surface area is 238 Å². The van der Waals surface area contributed by atoms with E-state index in [9.17, 15) is 19.8 Å². The zero-order valence-electron chi connectivity index (χ0n) is 22.0. The fraction of sp³-hybridized carbons (Fsp3) is 0.276. The topological polar surface area (TPSA) is 99.7 Å². The molecule has 0 saturated heterocycles. The molecule has 8 heteroatoms. The molecular weight excluding hydrogens is 479 g/mol. The Bertz CT molecular complexity index is 1500. The van der Waals surface area contributed by atoms with Gasteiger partial charge in [0.25, 0.3) is 0 Å². The maximum absolute atomic E-state index is 12.1. The van der Waals surface area contributed by atoms with E-state index >= 15 is 0 Å². The van der Waals surface area contributed by atoms with Crippen LogP contribution in [-0.4, -0.2) is 38.1 Å². The summed E-state index contributed by atoms with van der Waals surface area (Å²) in [7, 11) is 0. The van der Waals surface area contributed by atoms with Crippen molar-refractivity contribution in [3.05, 3.63) is 71.1 Å². The Morgan fingerprint density at radius 3 is 2.14 bits per heavy atom. The fourth-order valence-corrected chi connectivity index (χ4v) is 4.78. The molecule has 0 radical (unpaired) electrons. The number of carboxylic acids is 2. The zero-order chi connectivity index (χ0) is 26.0. The van der Waals surface area contributed by atoms with E-state index in [2.05, 4.69) is 37.2 Å². The second-order valence-electron chi connectivity index (χ2n) is 8.52. The molecular formula is C29H29N2NaO5. The molecule has 7 nitrogen and oxygen atoms in total. The van der Waals surface area contributed by atoms with Crippen LogP contribution in [0.1, 0.15) is 48.4 Å². The van der Waals surface area contributed by atoms with Crippen LogP contribution in [0.25, 0.3) is 33.4 Å². The van der Waals surface area contributed by atoms with Crippen LogP contribution in [0.4, 0.5) is 5.69 Å². The van der Waals surface area contributed by atoms with Crippen molar-refractivity contribution in [2.75, 3.05) is 31.1 Å². The zero-order valence-corrected chi connectivity index (χ0v) is 24.0. The molecule has 1 heterocycles. The van der Waals surface area contributed by atoms with Crippen LogP contribution in [0.15, 0.2) is 59.0 Å². The number of aromatic carboxylic acids is 2. The van der Waals surface area contributed by atoms with E-state index in [4.69, 9.17) is 4.42 Å². The molecule has 0 spiro atoms. The summed E-state index contributed by atoms with van der Waals surface area (Å²) in [5.74, 6) is -2.21. The summed E-state index contributed by atoms with van der Waals surface area (Å²) in [6, 6.07) is 15.4. The molecule has 0 aromatic heterocycles. The van der Waals surface area contributed by atoms with E-state index in [1.807, 2.05) is 36.4 Å². The number of fused-ring (bicyclic) bond motifs is 2. The first kappa shape index (κ1) is 28.4. The van der Waals surface area contributed by atoms with Crippen LogP contribution in [0, 0.1) is 0 Å².